The number of aliphatic hydroxyl groups is 3. The van der Waals surface area contributed by atoms with E-state index in [0.717, 1.165) is 6.92 Å². The fraction of sp³-hybridized carbons (Fsp3) is 0.682. The molecule has 2 bridgehead atoms. The Morgan fingerprint density at radius 2 is 1.57 bits per heavy atom. The van der Waals surface area contributed by atoms with Crippen molar-refractivity contribution >= 4 is 35.8 Å². The van der Waals surface area contributed by atoms with Crippen molar-refractivity contribution in [1.29, 1.82) is 0 Å². The second-order valence-corrected chi connectivity index (χ2v) is 19.9. The van der Waals surface area contributed by atoms with Crippen LogP contribution in [0.1, 0.15) is 106 Å². The highest BCUT2D eigenvalue weighted by Gasteiger charge is 2.78. The molecule has 11 atom stereocenters. The van der Waals surface area contributed by atoms with Gasteiger partial charge in [0.15, 0.2) is 29.6 Å². The lowest BCUT2D eigenvalue weighted by Gasteiger charge is -2.67. The molecule has 2 saturated carbocycles. The molecule has 350 valence electrons. The Balaban J connectivity index is 1.77. The van der Waals surface area contributed by atoms with Gasteiger partial charge in [-0.3, -0.25) is 14.4 Å². The van der Waals surface area contributed by atoms with Gasteiger partial charge in [-0.05, 0) is 63.3 Å². The number of amides is 1. The molecule has 4 aliphatic rings. The monoisotopic (exact) mass is 897 g/mol. The van der Waals surface area contributed by atoms with E-state index >= 15 is 4.79 Å². The van der Waals surface area contributed by atoms with Gasteiger partial charge in [-0.1, -0.05) is 52.8 Å². The molecule has 5 rings (SSSR count). The highest BCUT2D eigenvalue weighted by Crippen LogP contribution is 2.64. The number of benzene rings is 1. The third-order valence-corrected chi connectivity index (χ3v) is 12.7. The number of Topliss-reactive ketones (excluding diaryl/α,β-unsaturated/α-hetero) is 1. The minimum Gasteiger partial charge on any atom is -0.456 e. The molecule has 63 heavy (non-hydrogen) atoms. The topological polar surface area (TPSA) is 231 Å². The SMILES string of the molecule is CC(=O)O[C@@]12CO[C@@H]1C[C@H](O)[C@@]1(C)C(=O)[C@H](OC(=O)CC(C)(C)C)C3=C(C)[C@@H](OC(=O)[C@H](O)[C@@H](NC(=O)OC(C)(C)C)C(F)(F)F)C[C@@](O)([C@@H](OC(=O)c4ccccc4)[C@H]21)C3(C)C. The Bertz CT molecular complexity index is 2020. The maximum Gasteiger partial charge on any atom is 0.411 e. The number of alkyl halides is 3. The van der Waals surface area contributed by atoms with Crippen LogP contribution in [0.15, 0.2) is 41.5 Å². The standard InChI is InChI=1S/C44H58F3NO15/c1-21-24(59-36(55)29(52)32(44(45,46)47)48-37(56)63-39(6,7)8)18-43(57)34(61-35(54)23-15-13-12-14-16-23)31-41(11,25(50)17-26-42(31,20-58-26)62-22(2)49)33(53)30(28(21)40(43,9)10)60-27(51)19-38(3,4)5/h12-16,24-26,29-32,34,50,52,57H,17-20H2,1-11H3,(H,48,56)/t24-,25-,26+,29+,30+,31-,32+,34-,41+,42-,43+/m0/s1. The predicted octanol–water partition coefficient (Wildman–Crippen LogP) is 4.44. The quantitative estimate of drug-likeness (QED) is 0.153. The fourth-order valence-electron chi connectivity index (χ4n) is 9.58. The van der Waals surface area contributed by atoms with Crippen LogP contribution in [0.3, 0.4) is 0 Å². The zero-order valence-corrected chi connectivity index (χ0v) is 37.2. The lowest BCUT2D eigenvalue weighted by Crippen LogP contribution is -2.82. The summed E-state index contributed by atoms with van der Waals surface area (Å²) >= 11 is 0. The molecule has 3 aliphatic carbocycles. The predicted molar refractivity (Wildman–Crippen MR) is 212 cm³/mol. The lowest BCUT2D eigenvalue weighted by molar-refractivity contribution is -0.346. The summed E-state index contributed by atoms with van der Waals surface area (Å²) in [5.41, 5.74) is -10.9. The number of alkyl carbamates (subject to hydrolysis) is 1. The first-order valence-corrected chi connectivity index (χ1v) is 20.6. The zero-order chi connectivity index (χ0) is 47.6. The molecule has 0 aromatic heterocycles. The van der Waals surface area contributed by atoms with Crippen LogP contribution in [0, 0.1) is 22.2 Å². The number of carbonyl (C=O) groups is 6. The van der Waals surface area contributed by atoms with Gasteiger partial charge in [0, 0.05) is 25.2 Å². The van der Waals surface area contributed by atoms with Gasteiger partial charge in [0.25, 0.3) is 0 Å². The number of aliphatic hydroxyl groups excluding tert-OH is 2. The first-order chi connectivity index (χ1) is 28.7. The molecule has 1 aromatic rings. The van der Waals surface area contributed by atoms with Gasteiger partial charge in [0.1, 0.15) is 29.5 Å². The van der Waals surface area contributed by atoms with Crippen molar-refractivity contribution in [3.63, 3.8) is 0 Å². The summed E-state index contributed by atoms with van der Waals surface area (Å²) in [4.78, 5) is 82.9. The number of rotatable bonds is 9. The minimum absolute atomic E-state index is 0.0354. The van der Waals surface area contributed by atoms with E-state index < -0.39 is 137 Å². The molecule has 0 unspecified atom stereocenters. The van der Waals surface area contributed by atoms with Crippen LogP contribution < -0.4 is 5.32 Å². The molecule has 1 amide bonds. The van der Waals surface area contributed by atoms with Gasteiger partial charge in [0.2, 0.25) is 0 Å². The summed E-state index contributed by atoms with van der Waals surface area (Å²) in [5, 5.41) is 38.1. The number of fused-ring (bicyclic) bond motifs is 5. The number of hydrogen-bond donors (Lipinski definition) is 4. The van der Waals surface area contributed by atoms with Crippen LogP contribution in [0.4, 0.5) is 18.0 Å². The molecule has 4 N–H and O–H groups in total. The molecule has 1 heterocycles. The normalized spacial score (nSPS) is 32.5. The molecular weight excluding hydrogens is 839 g/mol. The van der Waals surface area contributed by atoms with Gasteiger partial charge < -0.3 is 49.1 Å². The Labute approximate surface area is 363 Å². The van der Waals surface area contributed by atoms with Crippen LogP contribution in [0.25, 0.3) is 0 Å². The van der Waals surface area contributed by atoms with E-state index in [1.807, 2.05) is 0 Å². The van der Waals surface area contributed by atoms with E-state index in [0.29, 0.717) is 0 Å². The molecule has 0 spiro atoms. The Morgan fingerprint density at radius 1 is 0.968 bits per heavy atom. The van der Waals surface area contributed by atoms with Crippen LogP contribution in [0.2, 0.25) is 0 Å². The van der Waals surface area contributed by atoms with Gasteiger partial charge >= 0.3 is 36.1 Å². The molecule has 1 saturated heterocycles. The summed E-state index contributed by atoms with van der Waals surface area (Å²) in [6.07, 6.45) is -20.3. The number of nitrogens with one attached hydrogen (secondary N) is 1. The van der Waals surface area contributed by atoms with Gasteiger partial charge in [-0.15, -0.1) is 0 Å². The molecule has 1 aromatic carbocycles. The van der Waals surface area contributed by atoms with Gasteiger partial charge in [-0.2, -0.15) is 13.2 Å². The smallest absolute Gasteiger partial charge is 0.411 e. The van der Waals surface area contributed by atoms with Crippen molar-refractivity contribution < 1.29 is 85.7 Å². The molecule has 1 aliphatic heterocycles. The van der Waals surface area contributed by atoms with E-state index in [2.05, 4.69) is 0 Å². The first-order valence-electron chi connectivity index (χ1n) is 20.6. The Morgan fingerprint density at radius 3 is 2.08 bits per heavy atom. The molecular formula is C44H58F3NO15. The van der Waals surface area contributed by atoms with Crippen LogP contribution in [0.5, 0.6) is 0 Å². The zero-order valence-electron chi connectivity index (χ0n) is 37.2. The van der Waals surface area contributed by atoms with E-state index in [-0.39, 0.29) is 29.6 Å². The number of ketones is 1. The van der Waals surface area contributed by atoms with Gasteiger partial charge in [-0.25, -0.2) is 14.4 Å². The molecule has 0 radical (unpaired) electrons. The Kier molecular flexibility index (Phi) is 13.1. The minimum atomic E-state index is -5.45. The number of ether oxygens (including phenoxy) is 6. The summed E-state index contributed by atoms with van der Waals surface area (Å²) in [6, 6.07) is 4.19. The van der Waals surface area contributed by atoms with Gasteiger partial charge in [0.05, 0.1) is 36.0 Å². The summed E-state index contributed by atoms with van der Waals surface area (Å²) in [5.74, 6) is -7.48. The Hall–Kier alpha value is -4.59. The van der Waals surface area contributed by atoms with Crippen molar-refractivity contribution in [3.05, 3.63) is 47.0 Å². The third-order valence-electron chi connectivity index (χ3n) is 12.7. The molecule has 3 fully saturated rings. The summed E-state index contributed by atoms with van der Waals surface area (Å²) in [6.45, 7) is 15.4. The molecule has 16 nitrogen and oxygen atoms in total. The van der Waals surface area contributed by atoms with E-state index in [1.54, 1.807) is 26.8 Å². The second-order valence-electron chi connectivity index (χ2n) is 19.9. The van der Waals surface area contributed by atoms with E-state index in [1.165, 1.54) is 78.0 Å². The average Bonchev–Trinajstić information content (AvgIpc) is 3.13. The largest absolute Gasteiger partial charge is 0.456 e. The number of carbonyl (C=O) groups excluding carboxylic acids is 6. The van der Waals surface area contributed by atoms with E-state index in [4.69, 9.17) is 28.4 Å². The highest BCUT2D eigenvalue weighted by molar-refractivity contribution is 5.96. The lowest BCUT2D eigenvalue weighted by atomic mass is 9.44. The highest BCUT2D eigenvalue weighted by atomic mass is 19.4. The van der Waals surface area contributed by atoms with Crippen LogP contribution >= 0.6 is 0 Å². The van der Waals surface area contributed by atoms with Crippen molar-refractivity contribution in [3.8, 4) is 0 Å². The molecule has 19 heteroatoms. The third kappa shape index (κ3) is 9.20. The van der Waals surface area contributed by atoms with Crippen LogP contribution in [-0.4, -0.2) is 123 Å². The number of halogens is 3. The van der Waals surface area contributed by atoms with Crippen molar-refractivity contribution in [1.82, 2.24) is 5.32 Å². The maximum atomic E-state index is 15.6. The van der Waals surface area contributed by atoms with Crippen molar-refractivity contribution in [2.45, 2.75) is 161 Å². The number of hydrogen-bond acceptors (Lipinski definition) is 15. The van der Waals surface area contributed by atoms with Crippen molar-refractivity contribution in [2.24, 2.45) is 22.2 Å². The average molecular weight is 898 g/mol. The van der Waals surface area contributed by atoms with Crippen molar-refractivity contribution in [2.75, 3.05) is 6.61 Å². The summed E-state index contributed by atoms with van der Waals surface area (Å²) < 4.78 is 77.9. The second kappa shape index (κ2) is 16.8. The maximum absolute atomic E-state index is 15.6. The van der Waals surface area contributed by atoms with Crippen LogP contribution in [-0.2, 0) is 47.6 Å². The van der Waals surface area contributed by atoms with E-state index in [9.17, 15) is 52.5 Å². The number of esters is 4. The fourth-order valence-corrected chi connectivity index (χ4v) is 9.58. The first kappa shape index (κ1) is 49.4. The summed E-state index contributed by atoms with van der Waals surface area (Å²) in [7, 11) is 0.